The minimum atomic E-state index is 0.893. The van der Waals surface area contributed by atoms with Crippen LogP contribution in [0, 0.1) is 5.92 Å². The van der Waals surface area contributed by atoms with Crippen molar-refractivity contribution in [3.63, 3.8) is 0 Å². The van der Waals surface area contributed by atoms with Gasteiger partial charge in [-0.25, -0.2) is 4.98 Å². The van der Waals surface area contributed by atoms with Gasteiger partial charge in [0, 0.05) is 31.5 Å². The van der Waals surface area contributed by atoms with Crippen LogP contribution in [0.1, 0.15) is 25.5 Å². The summed E-state index contributed by atoms with van der Waals surface area (Å²) in [7, 11) is 0. The lowest BCUT2D eigenvalue weighted by Gasteiger charge is -2.30. The van der Waals surface area contributed by atoms with Gasteiger partial charge in [0.1, 0.15) is 0 Å². The van der Waals surface area contributed by atoms with Crippen molar-refractivity contribution in [2.24, 2.45) is 5.92 Å². The summed E-state index contributed by atoms with van der Waals surface area (Å²) in [6, 6.07) is 0. The second kappa shape index (κ2) is 6.01. The highest BCUT2D eigenvalue weighted by molar-refractivity contribution is 4.92. The molecule has 1 aliphatic heterocycles. The van der Waals surface area contributed by atoms with Crippen molar-refractivity contribution in [3.8, 4) is 0 Å². The smallest absolute Gasteiger partial charge is 0.0922 e. The van der Waals surface area contributed by atoms with E-state index in [4.69, 9.17) is 0 Å². The number of H-pyrrole nitrogens is 1. The molecule has 4 heteroatoms. The van der Waals surface area contributed by atoms with Crippen molar-refractivity contribution in [2.45, 2.75) is 26.3 Å². The first-order valence-electron chi connectivity index (χ1n) is 6.25. The van der Waals surface area contributed by atoms with Crippen LogP contribution in [0.3, 0.4) is 0 Å². The van der Waals surface area contributed by atoms with E-state index >= 15 is 0 Å². The van der Waals surface area contributed by atoms with Crippen LogP contribution >= 0.6 is 0 Å². The molecule has 1 aromatic rings. The Balaban J connectivity index is 1.55. The molecular weight excluding hydrogens is 200 g/mol. The van der Waals surface area contributed by atoms with Crippen LogP contribution < -0.4 is 5.32 Å². The molecular formula is C12H22N4. The van der Waals surface area contributed by atoms with Crippen LogP contribution in [0.15, 0.2) is 12.5 Å². The number of piperidine rings is 1. The van der Waals surface area contributed by atoms with Gasteiger partial charge in [0.15, 0.2) is 0 Å². The van der Waals surface area contributed by atoms with Gasteiger partial charge in [-0.15, -0.1) is 0 Å². The largest absolute Gasteiger partial charge is 0.347 e. The maximum absolute atomic E-state index is 3.99. The first-order chi connectivity index (χ1) is 7.84. The molecule has 0 aliphatic carbocycles. The van der Waals surface area contributed by atoms with E-state index in [1.165, 1.54) is 32.5 Å². The Morgan fingerprint density at radius 2 is 2.31 bits per heavy atom. The molecule has 0 unspecified atom stereocenters. The second-order valence-electron chi connectivity index (χ2n) is 4.78. The second-order valence-corrected chi connectivity index (χ2v) is 4.78. The fourth-order valence-electron chi connectivity index (χ4n) is 2.13. The molecule has 0 bridgehead atoms. The Labute approximate surface area is 97.4 Å². The van der Waals surface area contributed by atoms with E-state index in [-0.39, 0.29) is 0 Å². The van der Waals surface area contributed by atoms with Gasteiger partial charge in [0.2, 0.25) is 0 Å². The quantitative estimate of drug-likeness (QED) is 0.737. The van der Waals surface area contributed by atoms with Gasteiger partial charge in [0.05, 0.1) is 6.33 Å². The average molecular weight is 222 g/mol. The molecule has 1 fully saturated rings. The van der Waals surface area contributed by atoms with Crippen molar-refractivity contribution >= 4 is 0 Å². The van der Waals surface area contributed by atoms with Crippen LogP contribution in [-0.4, -0.2) is 41.0 Å². The minimum absolute atomic E-state index is 0.893. The maximum atomic E-state index is 3.99. The van der Waals surface area contributed by atoms with Gasteiger partial charge >= 0.3 is 0 Å². The summed E-state index contributed by atoms with van der Waals surface area (Å²) < 4.78 is 0. The number of imidazole rings is 1. The highest BCUT2D eigenvalue weighted by atomic mass is 15.1. The number of aromatic amines is 1. The standard InChI is InChI=1S/C12H22N4/c1-11-2-5-16(6-3-11)7-4-13-8-12-9-14-10-15-12/h9-11,13H,2-8H2,1H3,(H,14,15). The van der Waals surface area contributed by atoms with Crippen molar-refractivity contribution in [1.29, 1.82) is 0 Å². The number of hydrogen-bond donors (Lipinski definition) is 2. The Morgan fingerprint density at radius 1 is 1.50 bits per heavy atom. The lowest BCUT2D eigenvalue weighted by atomic mass is 9.99. The summed E-state index contributed by atoms with van der Waals surface area (Å²) in [6.45, 7) is 8.02. The fourth-order valence-corrected chi connectivity index (χ4v) is 2.13. The SMILES string of the molecule is CC1CCN(CCNCc2cnc[nH]2)CC1. The third kappa shape index (κ3) is 3.61. The summed E-state index contributed by atoms with van der Waals surface area (Å²) in [5, 5.41) is 3.43. The summed E-state index contributed by atoms with van der Waals surface area (Å²) in [5.74, 6) is 0.925. The number of rotatable bonds is 5. The molecule has 0 amide bonds. The van der Waals surface area contributed by atoms with Gasteiger partial charge < -0.3 is 15.2 Å². The van der Waals surface area contributed by atoms with Crippen LogP contribution in [0.4, 0.5) is 0 Å². The zero-order valence-corrected chi connectivity index (χ0v) is 10.1. The summed E-state index contributed by atoms with van der Waals surface area (Å²) >= 11 is 0. The summed E-state index contributed by atoms with van der Waals surface area (Å²) in [5.41, 5.74) is 1.16. The molecule has 2 heterocycles. The molecule has 4 nitrogen and oxygen atoms in total. The third-order valence-corrected chi connectivity index (χ3v) is 3.35. The maximum Gasteiger partial charge on any atom is 0.0922 e. The Morgan fingerprint density at radius 3 is 3.00 bits per heavy atom. The van der Waals surface area contributed by atoms with Crippen molar-refractivity contribution < 1.29 is 0 Å². The zero-order chi connectivity index (χ0) is 11.2. The van der Waals surface area contributed by atoms with Crippen LogP contribution in [0.25, 0.3) is 0 Å². The monoisotopic (exact) mass is 222 g/mol. The molecule has 16 heavy (non-hydrogen) atoms. The topological polar surface area (TPSA) is 44.0 Å². The molecule has 0 saturated carbocycles. The van der Waals surface area contributed by atoms with E-state index in [9.17, 15) is 0 Å². The Kier molecular flexibility index (Phi) is 4.36. The number of likely N-dealkylation sites (tertiary alicyclic amines) is 1. The normalized spacial score (nSPS) is 19.1. The number of nitrogens with zero attached hydrogens (tertiary/aromatic N) is 2. The predicted octanol–water partition coefficient (Wildman–Crippen LogP) is 1.23. The zero-order valence-electron chi connectivity index (χ0n) is 10.1. The van der Waals surface area contributed by atoms with Crippen molar-refractivity contribution in [3.05, 3.63) is 18.2 Å². The van der Waals surface area contributed by atoms with E-state index in [0.717, 1.165) is 24.7 Å². The van der Waals surface area contributed by atoms with E-state index in [2.05, 4.69) is 27.1 Å². The molecule has 90 valence electrons. The van der Waals surface area contributed by atoms with Gasteiger partial charge in [-0.3, -0.25) is 0 Å². The summed E-state index contributed by atoms with van der Waals surface area (Å²) in [6.07, 6.45) is 6.32. The Bertz CT molecular complexity index is 275. The molecule has 1 aromatic heterocycles. The first-order valence-corrected chi connectivity index (χ1v) is 6.25. The van der Waals surface area contributed by atoms with Gasteiger partial charge in [-0.2, -0.15) is 0 Å². The number of hydrogen-bond acceptors (Lipinski definition) is 3. The highest BCUT2D eigenvalue weighted by Crippen LogP contribution is 2.14. The van der Waals surface area contributed by atoms with Gasteiger partial charge in [0.25, 0.3) is 0 Å². The number of aromatic nitrogens is 2. The van der Waals surface area contributed by atoms with Crippen molar-refractivity contribution in [2.75, 3.05) is 26.2 Å². The van der Waals surface area contributed by atoms with Crippen LogP contribution in [0.2, 0.25) is 0 Å². The summed E-state index contributed by atoms with van der Waals surface area (Å²) in [4.78, 5) is 9.64. The fraction of sp³-hybridized carbons (Fsp3) is 0.750. The molecule has 0 spiro atoms. The molecule has 0 aromatic carbocycles. The van der Waals surface area contributed by atoms with Crippen LogP contribution in [-0.2, 0) is 6.54 Å². The number of nitrogens with one attached hydrogen (secondary N) is 2. The first kappa shape index (κ1) is 11.6. The molecule has 1 saturated heterocycles. The molecule has 2 rings (SSSR count). The third-order valence-electron chi connectivity index (χ3n) is 3.35. The lowest BCUT2D eigenvalue weighted by Crippen LogP contribution is -2.37. The molecule has 2 N–H and O–H groups in total. The van der Waals surface area contributed by atoms with Crippen LogP contribution in [0.5, 0.6) is 0 Å². The van der Waals surface area contributed by atoms with Crippen molar-refractivity contribution in [1.82, 2.24) is 20.2 Å². The van der Waals surface area contributed by atoms with Gasteiger partial charge in [-0.1, -0.05) is 6.92 Å². The molecule has 0 radical (unpaired) electrons. The lowest BCUT2D eigenvalue weighted by molar-refractivity contribution is 0.193. The molecule has 1 aliphatic rings. The minimum Gasteiger partial charge on any atom is -0.347 e. The Hall–Kier alpha value is -0.870. The van der Waals surface area contributed by atoms with E-state index in [1.807, 2.05) is 6.20 Å². The average Bonchev–Trinajstić information content (AvgIpc) is 2.80. The molecule has 0 atom stereocenters. The highest BCUT2D eigenvalue weighted by Gasteiger charge is 2.14. The van der Waals surface area contributed by atoms with Gasteiger partial charge in [-0.05, 0) is 31.8 Å². The predicted molar refractivity (Wildman–Crippen MR) is 65.1 cm³/mol. The van der Waals surface area contributed by atoms with E-state index < -0.39 is 0 Å². The van der Waals surface area contributed by atoms with E-state index in [0.29, 0.717) is 0 Å². The van der Waals surface area contributed by atoms with E-state index in [1.54, 1.807) is 6.33 Å².